The van der Waals surface area contributed by atoms with Crippen molar-refractivity contribution in [2.75, 3.05) is 0 Å². The lowest BCUT2D eigenvalue weighted by atomic mass is 9.77. The second-order valence-corrected chi connectivity index (χ2v) is 27.3. The number of hydrogen-bond donors (Lipinski definition) is 2. The maximum absolute atomic E-state index is 13.0. The molecule has 0 spiro atoms. The zero-order valence-electron chi connectivity index (χ0n) is 52.0. The van der Waals surface area contributed by atoms with Crippen molar-refractivity contribution >= 4 is 34.1 Å². The Balaban J connectivity index is 0.000000228. The van der Waals surface area contributed by atoms with Gasteiger partial charge in [-0.3, -0.25) is 4.98 Å². The number of aromatic nitrogens is 4. The molecule has 0 aliphatic rings. The van der Waals surface area contributed by atoms with Crippen LogP contribution in [0.5, 0.6) is 5.88 Å². The van der Waals surface area contributed by atoms with Crippen LogP contribution in [-0.4, -0.2) is 51.0 Å². The van der Waals surface area contributed by atoms with E-state index < -0.39 is 28.6 Å². The number of nitrogens with zero attached hydrogens (tertiary/aromatic N) is 6. The summed E-state index contributed by atoms with van der Waals surface area (Å²) in [5, 5.41) is 17.8. The molecule has 0 fully saturated rings. The maximum Gasteiger partial charge on any atom is 0.534 e. The normalized spacial score (nSPS) is 12.0. The first-order valence-corrected chi connectivity index (χ1v) is 29.2. The van der Waals surface area contributed by atoms with Gasteiger partial charge in [0.25, 0.3) is 5.88 Å². The van der Waals surface area contributed by atoms with Gasteiger partial charge in [-0.15, -0.1) is 0 Å². The number of hydrogen-bond acceptors (Lipinski definition) is 9. The minimum atomic E-state index is -5.90. The van der Waals surface area contributed by atoms with Crippen LogP contribution in [0, 0.1) is 54.7 Å². The minimum Gasteiger partial charge on any atom is -0.423 e. The van der Waals surface area contributed by atoms with Crippen molar-refractivity contribution in [2.24, 2.45) is 0 Å². The predicted molar refractivity (Wildman–Crippen MR) is 339 cm³/mol. The molecule has 8 aromatic rings. The molecular weight excluding hydrogens is 1090 g/mol. The molecule has 2 heterocycles. The second kappa shape index (κ2) is 25.3. The lowest BCUT2D eigenvalue weighted by Gasteiger charge is -2.23. The van der Waals surface area contributed by atoms with E-state index in [0.717, 1.165) is 67.8 Å². The van der Waals surface area contributed by atoms with Gasteiger partial charge >= 0.3 is 22.7 Å². The summed E-state index contributed by atoms with van der Waals surface area (Å²) in [4.78, 5) is 25.8. The molecule has 0 unspecified atom stereocenters. The Morgan fingerprint density at radius 3 is 1.20 bits per heavy atom. The van der Waals surface area contributed by atoms with Gasteiger partial charge in [-0.2, -0.15) is 21.6 Å². The van der Waals surface area contributed by atoms with Crippen LogP contribution < -0.4 is 9.65 Å². The Hall–Kier alpha value is -8.02. The van der Waals surface area contributed by atoms with Gasteiger partial charge in [0.05, 0.1) is 48.3 Å². The van der Waals surface area contributed by atoms with Gasteiger partial charge in [0.2, 0.25) is 0 Å². The summed E-state index contributed by atoms with van der Waals surface area (Å²) >= 11 is 0. The molecule has 0 saturated heterocycles. The van der Waals surface area contributed by atoms with Gasteiger partial charge in [-0.05, 0) is 156 Å². The second-order valence-electron chi connectivity index (χ2n) is 25.7. The Bertz CT molecular complexity index is 4010. The van der Waals surface area contributed by atoms with Gasteiger partial charge in [-0.25, -0.2) is 24.6 Å². The zero-order chi connectivity index (χ0) is 63.5. The number of halogens is 3. The highest BCUT2D eigenvalue weighted by molar-refractivity contribution is 7.88. The van der Waals surface area contributed by atoms with E-state index in [-0.39, 0.29) is 27.4 Å². The van der Waals surface area contributed by atoms with Crippen LogP contribution in [0.2, 0.25) is 0 Å². The highest BCUT2D eigenvalue weighted by Gasteiger charge is 2.49. The number of rotatable bonds is 8. The van der Waals surface area contributed by atoms with Gasteiger partial charge < -0.3 is 14.2 Å². The van der Waals surface area contributed by atoms with Crippen molar-refractivity contribution < 1.29 is 35.8 Å². The summed E-state index contributed by atoms with van der Waals surface area (Å²) in [7, 11) is -7.40. The lowest BCUT2D eigenvalue weighted by molar-refractivity contribution is -0.0501. The average Bonchev–Trinajstić information content (AvgIpc) is 1.69. The summed E-state index contributed by atoms with van der Waals surface area (Å²) in [6.07, 6.45) is 2.76. The fourth-order valence-electron chi connectivity index (χ4n) is 9.39. The Morgan fingerprint density at radius 1 is 0.482 bits per heavy atom. The fourth-order valence-corrected chi connectivity index (χ4v) is 9.79. The summed E-state index contributed by atoms with van der Waals surface area (Å²) in [6, 6.07) is 35.8. The molecule has 11 nitrogen and oxygen atoms in total. The van der Waals surface area contributed by atoms with E-state index in [1.165, 1.54) is 22.3 Å². The first-order valence-electron chi connectivity index (χ1n) is 27.8. The van der Waals surface area contributed by atoms with Crippen LogP contribution in [0.25, 0.3) is 66.0 Å². The first kappa shape index (κ1) is 66.1. The molecule has 8 rings (SSSR count). The molecule has 2 aromatic heterocycles. The highest BCUT2D eigenvalue weighted by Crippen LogP contribution is 2.40. The predicted octanol–water partition coefficient (Wildman–Crippen LogP) is 17.0. The molecule has 0 aliphatic carbocycles. The quantitative estimate of drug-likeness (QED) is 0.0657. The Morgan fingerprint density at radius 2 is 0.835 bits per heavy atom. The van der Waals surface area contributed by atoms with Crippen LogP contribution >= 0.6 is 0 Å². The fraction of sp³-hybridized carbons (Fsp3) is 0.333. The Kier molecular flexibility index (Phi) is 19.7. The van der Waals surface area contributed by atoms with E-state index in [1.807, 2.05) is 96.3 Å². The third-order valence-corrected chi connectivity index (χ3v) is 15.3. The van der Waals surface area contributed by atoms with Crippen LogP contribution in [0.1, 0.15) is 139 Å². The smallest absolute Gasteiger partial charge is 0.423 e. The topological polar surface area (TPSA) is 144 Å². The number of aryl methyl sites for hydroxylation is 4. The van der Waals surface area contributed by atoms with E-state index in [0.29, 0.717) is 39.2 Å². The van der Waals surface area contributed by atoms with Crippen molar-refractivity contribution in [3.63, 3.8) is 0 Å². The van der Waals surface area contributed by atoms with Crippen molar-refractivity contribution in [2.45, 2.75) is 152 Å². The van der Waals surface area contributed by atoms with Gasteiger partial charge in [-0.1, -0.05) is 166 Å². The van der Waals surface area contributed by atoms with Crippen molar-refractivity contribution in [1.82, 2.24) is 19.9 Å². The third kappa shape index (κ3) is 16.3. The largest absolute Gasteiger partial charge is 0.534 e. The number of alkyl halides is 3. The van der Waals surface area contributed by atoms with Crippen molar-refractivity contribution in [1.29, 1.82) is 0 Å². The molecule has 2 N–H and O–H groups in total. The van der Waals surface area contributed by atoms with Crippen LogP contribution in [-0.2, 0) is 31.8 Å². The molecule has 0 aliphatic heterocycles. The van der Waals surface area contributed by atoms with Gasteiger partial charge in [0.15, 0.2) is 11.4 Å². The molecule has 0 bridgehead atoms. The SMILES string of the molecule is Cc1cc(-c2ncc(OS(=O)(=O)C(F)(F)F)nc2-c2cc(C)cc(C(C)(C)C)c2)cc(C(C)(C)C)c1.[C-]#[N+]c1cccc(-c2cnc(-c3cc(C)cc(C(C)(C)C)c3)c(-c3cc(C)cc(C(C)(C)C)c3)n2)c1C.[C-]#[N+]c1cccc(B(O)O)c1C. The molecule has 0 saturated carbocycles. The summed E-state index contributed by atoms with van der Waals surface area (Å²) in [5.41, 5.74) is 13.5. The molecule has 6 aromatic carbocycles. The molecule has 85 heavy (non-hydrogen) atoms. The zero-order valence-corrected chi connectivity index (χ0v) is 52.8. The van der Waals surface area contributed by atoms with Gasteiger partial charge in [0.1, 0.15) is 5.69 Å². The summed E-state index contributed by atoms with van der Waals surface area (Å²) in [6.45, 7) is 52.0. The maximum atomic E-state index is 13.0. The van der Waals surface area contributed by atoms with Crippen LogP contribution in [0.4, 0.5) is 24.5 Å². The summed E-state index contributed by atoms with van der Waals surface area (Å²) < 4.78 is 66.5. The van der Waals surface area contributed by atoms with Gasteiger partial charge in [0, 0.05) is 22.3 Å². The van der Waals surface area contributed by atoms with Crippen molar-refractivity contribution in [3.05, 3.63) is 200 Å². The van der Waals surface area contributed by atoms with Crippen molar-refractivity contribution in [3.8, 4) is 62.2 Å². The van der Waals surface area contributed by atoms with E-state index in [1.54, 1.807) is 25.1 Å². The summed E-state index contributed by atoms with van der Waals surface area (Å²) in [5.74, 6) is -0.756. The molecular formula is C69H76BF3N6O5S. The molecule has 0 atom stereocenters. The standard InChI is InChI=1S/C34H37N3.C27H31F3N2O3S.C8H8BNO2/c1-21-14-24(18-26(16-21)33(4,5)6)31-32(25-15-22(2)17-27(19-25)34(7,8)9)37-30(20-36-31)28-12-11-13-29(35-10)23(28)3;1-16-9-18(13-20(11-16)25(3,4)5)23-24(19-10-17(2)12-21(14-19)26(6,7)8)32-22(15-31-23)35-36(33,34)27(28,29)30;1-6-7(9(11)12)4-3-5-8(6)10-2/h11-20H,1-9H3;9-15H,1-8H3;3-5,11-12H,1H3. The number of benzene rings is 6. The first-order chi connectivity index (χ1) is 39.2. The molecule has 442 valence electrons. The third-order valence-electron chi connectivity index (χ3n) is 14.3. The average molecular weight is 1170 g/mol. The monoisotopic (exact) mass is 1170 g/mol. The van der Waals surface area contributed by atoms with E-state index in [2.05, 4.69) is 142 Å². The molecule has 0 radical (unpaired) electrons. The lowest BCUT2D eigenvalue weighted by Crippen LogP contribution is -2.31. The highest BCUT2D eigenvalue weighted by atomic mass is 32.2. The minimum absolute atomic E-state index is 0.00919. The van der Waals surface area contributed by atoms with E-state index in [9.17, 15) is 21.6 Å². The van der Waals surface area contributed by atoms with Crippen LogP contribution in [0.3, 0.4) is 0 Å². The molecule has 16 heteroatoms. The van der Waals surface area contributed by atoms with Crippen LogP contribution in [0.15, 0.2) is 122 Å². The van der Waals surface area contributed by atoms with E-state index >= 15 is 0 Å². The molecule has 0 amide bonds. The Labute approximate surface area is 501 Å². The van der Waals surface area contributed by atoms with E-state index in [4.69, 9.17) is 33.2 Å².